The van der Waals surface area contributed by atoms with E-state index < -0.39 is 30.8 Å². The summed E-state index contributed by atoms with van der Waals surface area (Å²) in [6, 6.07) is 5.78. The molecule has 0 aliphatic heterocycles. The molecule has 35 heavy (non-hydrogen) atoms. The predicted octanol–water partition coefficient (Wildman–Crippen LogP) is 2.97. The van der Waals surface area contributed by atoms with Gasteiger partial charge in [-0.1, -0.05) is 0 Å². The molecule has 1 atom stereocenters. The molecule has 10 nitrogen and oxygen atoms in total. The highest BCUT2D eigenvalue weighted by Crippen LogP contribution is 2.41. The highest BCUT2D eigenvalue weighted by molar-refractivity contribution is 7.97. The summed E-state index contributed by atoms with van der Waals surface area (Å²) in [5, 5.41) is 31.7. The molecule has 0 saturated heterocycles. The van der Waals surface area contributed by atoms with E-state index in [0.29, 0.717) is 16.5 Å². The monoisotopic (exact) mass is 517 g/mol. The first-order chi connectivity index (χ1) is 16.4. The van der Waals surface area contributed by atoms with Crippen molar-refractivity contribution in [3.05, 3.63) is 42.2 Å². The molecule has 14 heteroatoms. The van der Waals surface area contributed by atoms with E-state index in [1.165, 1.54) is 6.92 Å². The summed E-state index contributed by atoms with van der Waals surface area (Å²) >= 11 is 0.835. The first kappa shape index (κ1) is 26.9. The van der Waals surface area contributed by atoms with Crippen LogP contribution in [0.5, 0.6) is 0 Å². The number of aliphatic hydroxyl groups is 3. The van der Waals surface area contributed by atoms with E-state index in [-0.39, 0.29) is 18.4 Å². The largest absolute Gasteiger partial charge is 0.449 e. The second-order valence-electron chi connectivity index (χ2n) is 8.33. The lowest BCUT2D eigenvalue weighted by atomic mass is 9.72. The first-order valence-corrected chi connectivity index (χ1v) is 11.5. The van der Waals surface area contributed by atoms with Gasteiger partial charge in [0.1, 0.15) is 0 Å². The number of halogens is 3. The highest BCUT2D eigenvalue weighted by atomic mass is 32.2. The fourth-order valence-electron chi connectivity index (χ4n) is 3.45. The average Bonchev–Trinajstić information content (AvgIpc) is 2.71. The number of anilines is 2. The van der Waals surface area contributed by atoms with Crippen molar-refractivity contribution in [1.29, 1.82) is 0 Å². The van der Waals surface area contributed by atoms with Crippen LogP contribution in [0.4, 0.5) is 29.6 Å². The van der Waals surface area contributed by atoms with Gasteiger partial charge in [0, 0.05) is 29.0 Å². The van der Waals surface area contributed by atoms with Crippen molar-refractivity contribution in [1.82, 2.24) is 20.0 Å². The van der Waals surface area contributed by atoms with Gasteiger partial charge in [-0.2, -0.15) is 17.9 Å². The minimum absolute atomic E-state index is 0.125. The SMILES string of the molecule is CC(CC(F)(F)F)NC(=O)OCC1CC(c2cnc(Nc3ccc(SNC(O)(O)O)cc3)nc2)C1. The van der Waals surface area contributed by atoms with Crippen molar-refractivity contribution < 1.29 is 38.0 Å². The summed E-state index contributed by atoms with van der Waals surface area (Å²) in [6.45, 7) is 1.41. The van der Waals surface area contributed by atoms with Crippen molar-refractivity contribution >= 4 is 29.7 Å². The Hall–Kier alpha value is -2.65. The Bertz CT molecular complexity index is 967. The van der Waals surface area contributed by atoms with Crippen molar-refractivity contribution in [3.63, 3.8) is 0 Å². The zero-order valence-corrected chi connectivity index (χ0v) is 19.4. The van der Waals surface area contributed by atoms with Crippen molar-refractivity contribution in [2.24, 2.45) is 5.92 Å². The van der Waals surface area contributed by atoms with Crippen LogP contribution in [0.3, 0.4) is 0 Å². The maximum Gasteiger partial charge on any atom is 0.407 e. The van der Waals surface area contributed by atoms with Gasteiger partial charge in [-0.05, 0) is 73.4 Å². The van der Waals surface area contributed by atoms with Crippen molar-refractivity contribution in [2.45, 2.75) is 55.3 Å². The fraction of sp³-hybridized carbons (Fsp3) is 0.476. The third kappa shape index (κ3) is 9.49. The van der Waals surface area contributed by atoms with E-state index in [0.717, 1.165) is 30.4 Å². The minimum atomic E-state index is -4.35. The molecule has 1 heterocycles. The second-order valence-corrected chi connectivity index (χ2v) is 9.21. The zero-order chi connectivity index (χ0) is 25.6. The summed E-state index contributed by atoms with van der Waals surface area (Å²) in [6.07, 6.45) is -4.36. The van der Waals surface area contributed by atoms with Gasteiger partial charge in [0.2, 0.25) is 5.95 Å². The number of rotatable bonds is 10. The molecular weight excluding hydrogens is 491 g/mol. The number of benzene rings is 1. The van der Waals surface area contributed by atoms with Crippen LogP contribution < -0.4 is 15.4 Å². The third-order valence-corrected chi connectivity index (χ3v) is 6.03. The van der Waals surface area contributed by atoms with Crippen molar-refractivity contribution in [2.75, 3.05) is 11.9 Å². The molecule has 1 aromatic heterocycles. The van der Waals surface area contributed by atoms with E-state index >= 15 is 0 Å². The van der Waals surface area contributed by atoms with Gasteiger partial charge in [-0.25, -0.2) is 14.8 Å². The number of alkyl carbamates (subject to hydrolysis) is 1. The van der Waals surface area contributed by atoms with Crippen LogP contribution in [-0.2, 0) is 4.74 Å². The zero-order valence-electron chi connectivity index (χ0n) is 18.6. The lowest BCUT2D eigenvalue weighted by Crippen LogP contribution is -2.40. The minimum Gasteiger partial charge on any atom is -0.449 e. The molecule has 1 saturated carbocycles. The molecule has 1 unspecified atom stereocenters. The Kier molecular flexibility index (Phi) is 8.77. The van der Waals surface area contributed by atoms with Gasteiger partial charge < -0.3 is 30.7 Å². The summed E-state index contributed by atoms with van der Waals surface area (Å²) in [5.74, 6) is 0.724. The van der Waals surface area contributed by atoms with E-state index in [1.807, 2.05) is 4.72 Å². The van der Waals surface area contributed by atoms with Gasteiger partial charge in [-0.3, -0.25) is 0 Å². The van der Waals surface area contributed by atoms with Gasteiger partial charge in [0.15, 0.2) is 0 Å². The lowest BCUT2D eigenvalue weighted by molar-refractivity contribution is -0.317. The van der Waals surface area contributed by atoms with Crippen molar-refractivity contribution in [3.8, 4) is 0 Å². The van der Waals surface area contributed by atoms with Crippen LogP contribution in [0.1, 0.15) is 37.7 Å². The van der Waals surface area contributed by atoms with Crippen LogP contribution in [0.25, 0.3) is 0 Å². The third-order valence-electron chi connectivity index (χ3n) is 5.15. The molecule has 1 fully saturated rings. The molecule has 0 radical (unpaired) electrons. The number of nitrogens with one attached hydrogen (secondary N) is 3. The molecule has 3 rings (SSSR count). The lowest BCUT2D eigenvalue weighted by Gasteiger charge is -2.34. The smallest absolute Gasteiger partial charge is 0.407 e. The summed E-state index contributed by atoms with van der Waals surface area (Å²) < 4.78 is 44.0. The normalized spacial score (nSPS) is 18.9. The Morgan fingerprint density at radius 1 is 1.17 bits per heavy atom. The standard InChI is InChI=1S/C21H26F3N5O5S/c1-12(8-20(22,23)24)27-19(30)34-11-13-6-14(7-13)15-9-25-18(26-10-15)28-16-2-4-17(5-3-16)35-29-21(31,32)33/h2-5,9-10,12-14,29,31-33H,6-8,11H2,1H3,(H,27,30)(H,25,26,28). The van der Waals surface area contributed by atoms with E-state index in [4.69, 9.17) is 20.1 Å². The highest BCUT2D eigenvalue weighted by Gasteiger charge is 2.33. The number of ether oxygens (including phenoxy) is 1. The molecule has 1 amide bonds. The topological polar surface area (TPSA) is 149 Å². The molecule has 6 N–H and O–H groups in total. The van der Waals surface area contributed by atoms with Gasteiger partial charge in [0.25, 0.3) is 0 Å². The number of hydrogen-bond acceptors (Lipinski definition) is 10. The Labute approximate surface area is 203 Å². The van der Waals surface area contributed by atoms with E-state index in [1.54, 1.807) is 36.7 Å². The van der Waals surface area contributed by atoms with Gasteiger partial charge >= 0.3 is 18.4 Å². The second kappa shape index (κ2) is 11.4. The summed E-state index contributed by atoms with van der Waals surface area (Å²) in [7, 11) is 0. The van der Waals surface area contributed by atoms with Crippen LogP contribution in [-0.4, -0.2) is 56.3 Å². The summed E-state index contributed by atoms with van der Waals surface area (Å²) in [5.41, 5.74) is 1.64. The molecule has 1 aliphatic carbocycles. The van der Waals surface area contributed by atoms with Gasteiger partial charge in [-0.15, -0.1) is 0 Å². The molecule has 1 aliphatic rings. The quantitative estimate of drug-likeness (QED) is 0.205. The number of carbonyl (C=O) groups is 1. The van der Waals surface area contributed by atoms with E-state index in [2.05, 4.69) is 20.6 Å². The van der Waals surface area contributed by atoms with Crippen LogP contribution >= 0.6 is 11.9 Å². The molecular formula is C21H26F3N5O5S. The van der Waals surface area contributed by atoms with Crippen LogP contribution in [0, 0.1) is 5.92 Å². The predicted molar refractivity (Wildman–Crippen MR) is 120 cm³/mol. The Morgan fingerprint density at radius 3 is 2.37 bits per heavy atom. The molecule has 0 spiro atoms. The Morgan fingerprint density at radius 2 is 1.80 bits per heavy atom. The average molecular weight is 518 g/mol. The van der Waals surface area contributed by atoms with E-state index in [9.17, 15) is 18.0 Å². The molecule has 0 bridgehead atoms. The number of hydrogen-bond donors (Lipinski definition) is 6. The van der Waals surface area contributed by atoms with Gasteiger partial charge in [0.05, 0.1) is 13.0 Å². The molecule has 2 aromatic rings. The number of aromatic nitrogens is 2. The number of amides is 1. The van der Waals surface area contributed by atoms with Crippen LogP contribution in [0.15, 0.2) is 41.6 Å². The number of alkyl halides is 3. The maximum absolute atomic E-state index is 12.3. The molecule has 1 aromatic carbocycles. The molecule has 192 valence electrons. The fourth-order valence-corrected chi connectivity index (χ4v) is 3.98. The maximum atomic E-state index is 12.3. The number of nitrogens with zero attached hydrogens (tertiary/aromatic N) is 2. The first-order valence-electron chi connectivity index (χ1n) is 10.7. The summed E-state index contributed by atoms with van der Waals surface area (Å²) in [4.78, 5) is 20.9. The Balaban J connectivity index is 1.38. The number of carbonyl (C=O) groups excluding carboxylic acids is 1. The van der Waals surface area contributed by atoms with Crippen LogP contribution in [0.2, 0.25) is 0 Å².